The molecule has 1 saturated carbocycles. The molecule has 7 nitrogen and oxygen atoms in total. The van der Waals surface area contributed by atoms with E-state index in [-0.39, 0.29) is 33.8 Å². The number of amides is 3. The standard InChI is InChI=1S/C27H22Cl2N2O5/c28-21-12-19-20(13-22(21)29)26(34)31(25(19)33)17-8-3-7-16(11-17)27(35)36-14-24(32)30-23-10-4-6-15-5-1-2-9-18(15)23/h1-11,19-22H,12-14H2,(H,30,32)/t19-,20-,21+,22+/m1/s1. The molecule has 0 unspecified atom stereocenters. The van der Waals surface area contributed by atoms with E-state index in [1.54, 1.807) is 18.2 Å². The molecule has 0 spiro atoms. The Morgan fingerprint density at radius 3 is 2.25 bits per heavy atom. The summed E-state index contributed by atoms with van der Waals surface area (Å²) in [4.78, 5) is 52.2. The molecule has 1 saturated heterocycles. The first kappa shape index (κ1) is 24.3. The number of carbonyl (C=O) groups is 4. The van der Waals surface area contributed by atoms with Crippen LogP contribution >= 0.6 is 23.2 Å². The Bertz CT molecular complexity index is 1340. The molecule has 2 aliphatic rings. The Labute approximate surface area is 217 Å². The Morgan fingerprint density at radius 1 is 0.889 bits per heavy atom. The summed E-state index contributed by atoms with van der Waals surface area (Å²) in [5.74, 6) is -2.98. The van der Waals surface area contributed by atoms with Crippen LogP contribution in [0.2, 0.25) is 0 Å². The second-order valence-electron chi connectivity index (χ2n) is 8.93. The van der Waals surface area contributed by atoms with E-state index in [4.69, 9.17) is 27.9 Å². The maximum absolute atomic E-state index is 13.0. The molecule has 0 bridgehead atoms. The van der Waals surface area contributed by atoms with Gasteiger partial charge in [0.25, 0.3) is 5.91 Å². The lowest BCUT2D eigenvalue weighted by Crippen LogP contribution is -2.34. The molecule has 0 radical (unpaired) electrons. The monoisotopic (exact) mass is 524 g/mol. The van der Waals surface area contributed by atoms with Gasteiger partial charge in [0.1, 0.15) is 0 Å². The lowest BCUT2D eigenvalue weighted by atomic mass is 9.80. The van der Waals surface area contributed by atoms with Crippen molar-refractivity contribution in [2.45, 2.75) is 23.6 Å². The minimum Gasteiger partial charge on any atom is -0.452 e. The maximum atomic E-state index is 13.0. The van der Waals surface area contributed by atoms with Crippen molar-refractivity contribution < 1.29 is 23.9 Å². The number of hydrogen-bond acceptors (Lipinski definition) is 5. The minimum atomic E-state index is -0.747. The molecule has 1 heterocycles. The van der Waals surface area contributed by atoms with Gasteiger partial charge in [-0.25, -0.2) is 4.79 Å². The molecule has 36 heavy (non-hydrogen) atoms. The summed E-state index contributed by atoms with van der Waals surface area (Å²) >= 11 is 12.5. The van der Waals surface area contributed by atoms with Crippen LogP contribution in [-0.2, 0) is 19.1 Å². The molecular weight excluding hydrogens is 503 g/mol. The molecule has 0 aromatic heterocycles. The van der Waals surface area contributed by atoms with E-state index in [0.717, 1.165) is 15.7 Å². The van der Waals surface area contributed by atoms with Gasteiger partial charge in [-0.2, -0.15) is 0 Å². The van der Waals surface area contributed by atoms with Gasteiger partial charge in [0.2, 0.25) is 11.8 Å². The van der Waals surface area contributed by atoms with Gasteiger partial charge in [-0.1, -0.05) is 42.5 Å². The zero-order chi connectivity index (χ0) is 25.4. The Morgan fingerprint density at radius 2 is 1.53 bits per heavy atom. The molecule has 1 N–H and O–H groups in total. The number of halogens is 2. The first-order valence-corrected chi connectivity index (χ1v) is 12.4. The van der Waals surface area contributed by atoms with Gasteiger partial charge in [-0.05, 0) is 42.5 Å². The number of alkyl halides is 2. The Kier molecular flexibility index (Phi) is 6.69. The van der Waals surface area contributed by atoms with E-state index in [2.05, 4.69) is 5.32 Å². The molecule has 3 amide bonds. The average molecular weight is 525 g/mol. The van der Waals surface area contributed by atoms with Crippen LogP contribution in [0.1, 0.15) is 23.2 Å². The van der Waals surface area contributed by atoms with Crippen LogP contribution in [-0.4, -0.2) is 41.1 Å². The molecule has 3 aromatic carbocycles. The van der Waals surface area contributed by atoms with Gasteiger partial charge in [0.15, 0.2) is 6.61 Å². The summed E-state index contributed by atoms with van der Waals surface area (Å²) in [5.41, 5.74) is 1.000. The number of anilines is 2. The fraction of sp³-hybridized carbons (Fsp3) is 0.259. The number of hydrogen-bond donors (Lipinski definition) is 1. The van der Waals surface area contributed by atoms with E-state index in [9.17, 15) is 19.2 Å². The lowest BCUT2D eigenvalue weighted by Gasteiger charge is -2.28. The summed E-state index contributed by atoms with van der Waals surface area (Å²) in [6.07, 6.45) is 0.657. The number of esters is 1. The van der Waals surface area contributed by atoms with Crippen molar-refractivity contribution in [3.8, 4) is 0 Å². The predicted molar refractivity (Wildman–Crippen MR) is 137 cm³/mol. The Balaban J connectivity index is 1.25. The number of ether oxygens (including phenoxy) is 1. The lowest BCUT2D eigenvalue weighted by molar-refractivity contribution is -0.122. The van der Waals surface area contributed by atoms with Crippen molar-refractivity contribution in [3.63, 3.8) is 0 Å². The van der Waals surface area contributed by atoms with Crippen LogP contribution in [0, 0.1) is 11.8 Å². The molecule has 9 heteroatoms. The molecule has 2 fully saturated rings. The van der Waals surface area contributed by atoms with Gasteiger partial charge < -0.3 is 10.1 Å². The molecular formula is C27H22Cl2N2O5. The molecule has 1 aliphatic heterocycles. The summed E-state index contributed by atoms with van der Waals surface area (Å²) in [6, 6.07) is 19.2. The number of carbonyl (C=O) groups excluding carboxylic acids is 4. The van der Waals surface area contributed by atoms with Crippen molar-refractivity contribution in [1.82, 2.24) is 0 Å². The second-order valence-corrected chi connectivity index (χ2v) is 10.1. The van der Waals surface area contributed by atoms with Crippen LogP contribution in [0.3, 0.4) is 0 Å². The van der Waals surface area contributed by atoms with Crippen LogP contribution in [0.4, 0.5) is 11.4 Å². The summed E-state index contributed by atoms with van der Waals surface area (Å²) in [7, 11) is 0. The number of imide groups is 1. The summed E-state index contributed by atoms with van der Waals surface area (Å²) < 4.78 is 5.19. The topological polar surface area (TPSA) is 92.8 Å². The van der Waals surface area contributed by atoms with E-state index in [1.807, 2.05) is 36.4 Å². The van der Waals surface area contributed by atoms with Crippen LogP contribution in [0.15, 0.2) is 66.7 Å². The quantitative estimate of drug-likeness (QED) is 0.295. The van der Waals surface area contributed by atoms with Crippen LogP contribution < -0.4 is 10.2 Å². The number of rotatable bonds is 5. The highest BCUT2D eigenvalue weighted by molar-refractivity contribution is 6.31. The van der Waals surface area contributed by atoms with E-state index >= 15 is 0 Å². The van der Waals surface area contributed by atoms with Crippen molar-refractivity contribution in [1.29, 1.82) is 0 Å². The third-order valence-corrected chi connectivity index (χ3v) is 7.74. The molecule has 4 atom stereocenters. The first-order valence-electron chi connectivity index (χ1n) is 11.5. The van der Waals surface area contributed by atoms with Crippen LogP contribution in [0.25, 0.3) is 10.8 Å². The largest absolute Gasteiger partial charge is 0.452 e. The van der Waals surface area contributed by atoms with Gasteiger partial charge in [-0.3, -0.25) is 19.3 Å². The highest BCUT2D eigenvalue weighted by Gasteiger charge is 2.52. The fourth-order valence-electron chi connectivity index (χ4n) is 4.86. The maximum Gasteiger partial charge on any atom is 0.338 e. The first-order chi connectivity index (χ1) is 17.3. The van der Waals surface area contributed by atoms with E-state index < -0.39 is 30.3 Å². The van der Waals surface area contributed by atoms with Crippen LogP contribution in [0.5, 0.6) is 0 Å². The zero-order valence-corrected chi connectivity index (χ0v) is 20.5. The number of nitrogens with zero attached hydrogens (tertiary/aromatic N) is 1. The highest BCUT2D eigenvalue weighted by Crippen LogP contribution is 2.43. The molecule has 5 rings (SSSR count). The summed E-state index contributed by atoms with van der Waals surface area (Å²) in [6.45, 7) is -0.494. The van der Waals surface area contributed by atoms with Gasteiger partial charge in [-0.15, -0.1) is 23.2 Å². The number of benzene rings is 3. The van der Waals surface area contributed by atoms with Gasteiger partial charge in [0, 0.05) is 11.1 Å². The smallest absolute Gasteiger partial charge is 0.338 e. The van der Waals surface area contributed by atoms with Crippen molar-refractivity contribution in [3.05, 3.63) is 72.3 Å². The van der Waals surface area contributed by atoms with E-state index in [1.165, 1.54) is 12.1 Å². The third kappa shape index (κ3) is 4.56. The third-order valence-electron chi connectivity index (χ3n) is 6.65. The average Bonchev–Trinajstić information content (AvgIpc) is 3.12. The fourth-order valence-corrected chi connectivity index (χ4v) is 5.45. The number of nitrogens with one attached hydrogen (secondary N) is 1. The van der Waals surface area contributed by atoms with Crippen molar-refractivity contribution in [2.24, 2.45) is 11.8 Å². The summed E-state index contributed by atoms with van der Waals surface area (Å²) in [5, 5.41) is 3.83. The molecule has 1 aliphatic carbocycles. The highest BCUT2D eigenvalue weighted by atomic mass is 35.5. The van der Waals surface area contributed by atoms with Gasteiger partial charge in [0.05, 0.1) is 33.8 Å². The zero-order valence-electron chi connectivity index (χ0n) is 19.0. The minimum absolute atomic E-state index is 0.117. The molecule has 184 valence electrons. The number of fused-ring (bicyclic) bond motifs is 2. The van der Waals surface area contributed by atoms with Crippen molar-refractivity contribution in [2.75, 3.05) is 16.8 Å². The van der Waals surface area contributed by atoms with Gasteiger partial charge >= 0.3 is 5.97 Å². The normalized spacial score (nSPS) is 23.4. The van der Waals surface area contributed by atoms with Crippen molar-refractivity contribution >= 4 is 69.0 Å². The Hall–Kier alpha value is -3.42. The SMILES string of the molecule is O=C(COC(=O)c1cccc(N2C(=O)[C@@H]3C[C@H](Cl)[C@@H](Cl)C[C@H]3C2=O)c1)Nc1cccc2ccccc12. The molecule has 3 aromatic rings. The second kappa shape index (κ2) is 9.91. The van der Waals surface area contributed by atoms with E-state index in [0.29, 0.717) is 18.5 Å². The predicted octanol–water partition coefficient (Wildman–Crippen LogP) is 4.75.